The molecule has 0 spiro atoms. The molecule has 4 rings (SSSR count). The molecule has 0 fully saturated rings. The number of hydrogen-bond acceptors (Lipinski definition) is 6. The van der Waals surface area contributed by atoms with E-state index >= 15 is 0 Å². The molecular formula is C22H14N2O5S. The maximum atomic E-state index is 12.8. The first kappa shape index (κ1) is 19.3. The molecule has 148 valence electrons. The van der Waals surface area contributed by atoms with Gasteiger partial charge in [-0.3, -0.25) is 14.9 Å². The van der Waals surface area contributed by atoms with Crippen molar-refractivity contribution in [3.05, 3.63) is 99.8 Å². The maximum Gasteiger partial charge on any atom is 0.270 e. The third kappa shape index (κ3) is 3.51. The van der Waals surface area contributed by atoms with Gasteiger partial charge in [-0.1, -0.05) is 48.6 Å². The number of carbonyl (C=O) groups is 1. The Bertz CT molecular complexity index is 1310. The number of nitro benzene ring substituents is 1. The highest BCUT2D eigenvalue weighted by atomic mass is 32.1. The number of nitrogens with one attached hydrogen (secondary N) is 1. The molecule has 0 unspecified atom stereocenters. The Morgan fingerprint density at radius 3 is 2.53 bits per heavy atom. The van der Waals surface area contributed by atoms with E-state index in [0.717, 1.165) is 0 Å². The highest BCUT2D eigenvalue weighted by molar-refractivity contribution is 7.81. The Kier molecular flexibility index (Phi) is 4.99. The number of aromatic hydroxyl groups is 1. The highest BCUT2D eigenvalue weighted by Gasteiger charge is 2.23. The minimum Gasteiger partial charge on any atom is -0.507 e. The summed E-state index contributed by atoms with van der Waals surface area (Å²) < 4.78 is 5.89. The molecule has 0 aliphatic rings. The molecule has 0 atom stereocenters. The summed E-state index contributed by atoms with van der Waals surface area (Å²) in [7, 11) is 0. The van der Waals surface area contributed by atoms with E-state index in [4.69, 9.17) is 16.6 Å². The third-order valence-electron chi connectivity index (χ3n) is 4.51. The first-order chi connectivity index (χ1) is 14.5. The van der Waals surface area contributed by atoms with Crippen molar-refractivity contribution >= 4 is 45.3 Å². The van der Waals surface area contributed by atoms with Gasteiger partial charge >= 0.3 is 0 Å². The van der Waals surface area contributed by atoms with Crippen LogP contribution in [0, 0.1) is 10.1 Å². The molecule has 0 saturated heterocycles. The number of nitro groups is 1. The number of nitrogens with zero attached hydrogens (tertiary/aromatic N) is 1. The van der Waals surface area contributed by atoms with Crippen molar-refractivity contribution in [2.24, 2.45) is 0 Å². The van der Waals surface area contributed by atoms with Crippen molar-refractivity contribution in [2.45, 2.75) is 0 Å². The van der Waals surface area contributed by atoms with E-state index in [1.807, 2.05) is 0 Å². The number of thiocarbonyl (C=S) groups is 1. The number of furan rings is 1. The molecule has 3 aromatic carbocycles. The van der Waals surface area contributed by atoms with Crippen LogP contribution in [0.4, 0.5) is 11.4 Å². The summed E-state index contributed by atoms with van der Waals surface area (Å²) in [5, 5.41) is 24.5. The number of hydrogen-bond donors (Lipinski definition) is 2. The van der Waals surface area contributed by atoms with Gasteiger partial charge in [0, 0.05) is 23.1 Å². The summed E-state index contributed by atoms with van der Waals surface area (Å²) >= 11 is 5.54. The van der Waals surface area contributed by atoms with E-state index in [1.165, 1.54) is 30.3 Å². The van der Waals surface area contributed by atoms with Gasteiger partial charge in [0.25, 0.3) is 11.6 Å². The molecule has 0 bridgehead atoms. The first-order valence-corrected chi connectivity index (χ1v) is 9.26. The monoisotopic (exact) mass is 418 g/mol. The lowest BCUT2D eigenvalue weighted by Gasteiger charge is -2.08. The molecule has 0 radical (unpaired) electrons. The lowest BCUT2D eigenvalue weighted by molar-refractivity contribution is -0.384. The summed E-state index contributed by atoms with van der Waals surface area (Å²) in [5.74, 6) is -0.496. The van der Waals surface area contributed by atoms with Crippen LogP contribution in [0.1, 0.15) is 21.7 Å². The van der Waals surface area contributed by atoms with Crippen LogP contribution < -0.4 is 5.32 Å². The van der Waals surface area contributed by atoms with Crippen LogP contribution >= 0.6 is 12.2 Å². The van der Waals surface area contributed by atoms with Gasteiger partial charge < -0.3 is 14.8 Å². The molecule has 0 saturated carbocycles. The zero-order valence-electron chi connectivity index (χ0n) is 15.4. The second kappa shape index (κ2) is 7.76. The van der Waals surface area contributed by atoms with Crippen LogP contribution in [0.25, 0.3) is 11.0 Å². The van der Waals surface area contributed by atoms with E-state index in [0.29, 0.717) is 22.2 Å². The average molecular weight is 418 g/mol. The summed E-state index contributed by atoms with van der Waals surface area (Å²) in [5.41, 5.74) is 1.22. The maximum absolute atomic E-state index is 12.8. The first-order valence-electron chi connectivity index (χ1n) is 8.85. The molecule has 1 heterocycles. The average Bonchev–Trinajstić information content (AvgIpc) is 3.12. The van der Waals surface area contributed by atoms with Gasteiger partial charge in [0.2, 0.25) is 0 Å². The van der Waals surface area contributed by atoms with Crippen LogP contribution in [-0.4, -0.2) is 20.8 Å². The zero-order valence-corrected chi connectivity index (χ0v) is 16.2. The van der Waals surface area contributed by atoms with Gasteiger partial charge in [-0.15, -0.1) is 0 Å². The number of benzene rings is 3. The SMILES string of the molecule is O=C(Nc1c(C(=S)c2cccc([N+](=O)[O-])c2)oc2ccccc12)c1ccccc1O. The van der Waals surface area contributed by atoms with Crippen molar-refractivity contribution in [1.82, 2.24) is 0 Å². The summed E-state index contributed by atoms with van der Waals surface area (Å²) in [6, 6.07) is 19.1. The minimum absolute atomic E-state index is 0.0926. The molecule has 8 heteroatoms. The molecule has 1 amide bonds. The highest BCUT2D eigenvalue weighted by Crippen LogP contribution is 2.34. The fourth-order valence-corrected chi connectivity index (χ4v) is 3.34. The number of para-hydroxylation sites is 2. The minimum atomic E-state index is -0.539. The lowest BCUT2D eigenvalue weighted by atomic mass is 10.1. The van der Waals surface area contributed by atoms with Crippen LogP contribution in [0.3, 0.4) is 0 Å². The number of non-ortho nitro benzene ring substituents is 1. The largest absolute Gasteiger partial charge is 0.507 e. The standard InChI is InChI=1S/C22H14N2O5S/c25-17-10-3-1-8-15(17)22(26)23-19-16-9-2-4-11-18(16)29-20(19)21(30)13-6-5-7-14(12-13)24(27)28/h1-12,25H,(H,23,26). The molecule has 1 aromatic heterocycles. The lowest BCUT2D eigenvalue weighted by Crippen LogP contribution is -2.14. The second-order valence-corrected chi connectivity index (χ2v) is 6.82. The van der Waals surface area contributed by atoms with E-state index in [9.17, 15) is 20.0 Å². The molecule has 0 aliphatic heterocycles. The second-order valence-electron chi connectivity index (χ2n) is 6.41. The number of carbonyl (C=O) groups excluding carboxylic acids is 1. The molecule has 4 aromatic rings. The normalized spacial score (nSPS) is 10.7. The van der Waals surface area contributed by atoms with E-state index in [-0.39, 0.29) is 27.6 Å². The Morgan fingerprint density at radius 2 is 1.77 bits per heavy atom. The molecule has 7 nitrogen and oxygen atoms in total. The van der Waals surface area contributed by atoms with Gasteiger partial charge in [-0.25, -0.2) is 0 Å². The van der Waals surface area contributed by atoms with Crippen molar-refractivity contribution in [3.8, 4) is 5.75 Å². The number of amides is 1. The fourth-order valence-electron chi connectivity index (χ4n) is 3.07. The third-order valence-corrected chi connectivity index (χ3v) is 4.93. The smallest absolute Gasteiger partial charge is 0.270 e. The van der Waals surface area contributed by atoms with Gasteiger partial charge in [0.05, 0.1) is 21.0 Å². The van der Waals surface area contributed by atoms with Gasteiger partial charge in [0.1, 0.15) is 11.3 Å². The van der Waals surface area contributed by atoms with Crippen LogP contribution in [0.2, 0.25) is 0 Å². The summed E-state index contributed by atoms with van der Waals surface area (Å²) in [6.45, 7) is 0. The Labute approximate surface area is 175 Å². The zero-order chi connectivity index (χ0) is 21.3. The van der Waals surface area contributed by atoms with Crippen LogP contribution in [0.5, 0.6) is 5.75 Å². The van der Waals surface area contributed by atoms with Crippen molar-refractivity contribution in [2.75, 3.05) is 5.32 Å². The number of fused-ring (bicyclic) bond motifs is 1. The quantitative estimate of drug-likeness (QED) is 0.203. The number of phenolic OH excluding ortho intramolecular Hbond substituents is 1. The summed E-state index contributed by atoms with van der Waals surface area (Å²) in [4.78, 5) is 23.6. The van der Waals surface area contributed by atoms with Crippen LogP contribution in [0.15, 0.2) is 77.2 Å². The van der Waals surface area contributed by atoms with E-state index < -0.39 is 10.8 Å². The Morgan fingerprint density at radius 1 is 1.03 bits per heavy atom. The van der Waals surface area contributed by atoms with E-state index in [1.54, 1.807) is 42.5 Å². The van der Waals surface area contributed by atoms with Crippen molar-refractivity contribution in [3.63, 3.8) is 0 Å². The van der Waals surface area contributed by atoms with Gasteiger partial charge in [-0.05, 0) is 24.3 Å². The molecule has 30 heavy (non-hydrogen) atoms. The van der Waals surface area contributed by atoms with Gasteiger partial charge in [-0.2, -0.15) is 0 Å². The predicted octanol–water partition coefficient (Wildman–Crippen LogP) is 5.07. The summed E-state index contributed by atoms with van der Waals surface area (Å²) in [6.07, 6.45) is 0. The number of anilines is 1. The van der Waals surface area contributed by atoms with Crippen molar-refractivity contribution in [1.29, 1.82) is 0 Å². The number of phenols is 1. The van der Waals surface area contributed by atoms with Gasteiger partial charge in [0.15, 0.2) is 5.76 Å². The topological polar surface area (TPSA) is 106 Å². The fraction of sp³-hybridized carbons (Fsp3) is 0. The Hall–Kier alpha value is -4.04. The molecular weight excluding hydrogens is 404 g/mol. The predicted molar refractivity (Wildman–Crippen MR) is 116 cm³/mol. The Balaban J connectivity index is 1.80. The van der Waals surface area contributed by atoms with E-state index in [2.05, 4.69) is 5.32 Å². The molecule has 0 aliphatic carbocycles. The van der Waals surface area contributed by atoms with Crippen molar-refractivity contribution < 1.29 is 19.2 Å². The van der Waals surface area contributed by atoms with Crippen LogP contribution in [-0.2, 0) is 0 Å². The number of rotatable bonds is 5. The molecule has 2 N–H and O–H groups in total.